The molecule has 1 unspecified atom stereocenters. The Morgan fingerprint density at radius 2 is 1.49 bits per heavy atom. The number of carbonyl (C=O) groups excluding carboxylic acids is 2. The van der Waals surface area contributed by atoms with E-state index in [9.17, 15) is 9.59 Å². The summed E-state index contributed by atoms with van der Waals surface area (Å²) in [4.78, 5) is 34.2. The van der Waals surface area contributed by atoms with Gasteiger partial charge < -0.3 is 19.8 Å². The summed E-state index contributed by atoms with van der Waals surface area (Å²) in [6, 6.07) is 19.5. The first-order valence-corrected chi connectivity index (χ1v) is 11.7. The first kappa shape index (κ1) is 24.0. The number of hydrogen-bond acceptors (Lipinski definition) is 6. The van der Waals surface area contributed by atoms with Crippen LogP contribution >= 0.6 is 0 Å². The Morgan fingerprint density at radius 3 is 2.11 bits per heavy atom. The highest BCUT2D eigenvalue weighted by Crippen LogP contribution is 2.39. The van der Waals surface area contributed by atoms with Gasteiger partial charge in [0.2, 0.25) is 0 Å². The lowest BCUT2D eigenvalue weighted by molar-refractivity contribution is -0.139. The van der Waals surface area contributed by atoms with Gasteiger partial charge in [0.1, 0.15) is 5.82 Å². The Kier molecular flexibility index (Phi) is 7.45. The van der Waals surface area contributed by atoms with E-state index in [4.69, 9.17) is 9.47 Å². The lowest BCUT2D eigenvalue weighted by atomic mass is 9.83. The van der Waals surface area contributed by atoms with Gasteiger partial charge in [0.05, 0.1) is 30.3 Å². The van der Waals surface area contributed by atoms with Crippen molar-refractivity contribution in [2.75, 3.05) is 13.2 Å². The Bertz CT molecular complexity index is 1260. The Balaban J connectivity index is 1.67. The van der Waals surface area contributed by atoms with Crippen LogP contribution in [-0.2, 0) is 25.5 Å². The number of esters is 2. The molecule has 2 N–H and O–H groups in total. The number of nitrogens with one attached hydrogen (secondary N) is 2. The van der Waals surface area contributed by atoms with E-state index in [-0.39, 0.29) is 13.2 Å². The SMILES string of the molecule is CCOC(=O)C1=C(C)NC(C)=C(C(=O)OCCc2ccccc2)C1c1cnc(-c2ccccc2)[nH]1. The highest BCUT2D eigenvalue weighted by atomic mass is 16.5. The minimum Gasteiger partial charge on any atom is -0.463 e. The Morgan fingerprint density at radius 1 is 0.886 bits per heavy atom. The average Bonchev–Trinajstić information content (AvgIpc) is 3.35. The number of hydrogen-bond donors (Lipinski definition) is 2. The molecule has 1 aliphatic heterocycles. The molecule has 1 aromatic heterocycles. The maximum Gasteiger partial charge on any atom is 0.336 e. The van der Waals surface area contributed by atoms with Crippen molar-refractivity contribution in [3.05, 3.63) is 101 Å². The number of ether oxygens (including phenoxy) is 2. The molecule has 0 radical (unpaired) electrons. The Hall–Kier alpha value is -4.13. The first-order valence-electron chi connectivity index (χ1n) is 11.7. The van der Waals surface area contributed by atoms with Crippen LogP contribution in [0.1, 0.15) is 37.9 Å². The number of allylic oxidation sites excluding steroid dienone is 2. The summed E-state index contributed by atoms with van der Waals surface area (Å²) in [5.41, 5.74) is 4.56. The minimum absolute atomic E-state index is 0.222. The van der Waals surface area contributed by atoms with Crippen molar-refractivity contribution in [2.24, 2.45) is 0 Å². The van der Waals surface area contributed by atoms with Crippen LogP contribution in [0.4, 0.5) is 0 Å². The first-order chi connectivity index (χ1) is 17.0. The van der Waals surface area contributed by atoms with Gasteiger partial charge in [-0.05, 0) is 26.3 Å². The summed E-state index contributed by atoms with van der Waals surface area (Å²) in [7, 11) is 0. The molecule has 2 aromatic carbocycles. The second-order valence-electron chi connectivity index (χ2n) is 8.28. The van der Waals surface area contributed by atoms with Crippen LogP contribution in [0.3, 0.4) is 0 Å². The fourth-order valence-electron chi connectivity index (χ4n) is 4.26. The molecule has 0 bridgehead atoms. The summed E-state index contributed by atoms with van der Waals surface area (Å²) in [5.74, 6) is -1.03. The average molecular weight is 472 g/mol. The summed E-state index contributed by atoms with van der Waals surface area (Å²) in [6.45, 7) is 5.81. The highest BCUT2D eigenvalue weighted by Gasteiger charge is 2.39. The molecule has 0 fully saturated rings. The smallest absolute Gasteiger partial charge is 0.336 e. The molecule has 0 saturated carbocycles. The third kappa shape index (κ3) is 5.35. The van der Waals surface area contributed by atoms with Crippen LogP contribution < -0.4 is 5.32 Å². The van der Waals surface area contributed by atoms with Gasteiger partial charge in [-0.15, -0.1) is 0 Å². The van der Waals surface area contributed by atoms with Gasteiger partial charge in [0, 0.05) is 35.3 Å². The van der Waals surface area contributed by atoms with Crippen molar-refractivity contribution in [1.82, 2.24) is 15.3 Å². The number of imidazole rings is 1. The molecule has 0 spiro atoms. The standard InChI is InChI=1S/C28H29N3O4/c1-4-34-27(32)23-18(2)30-19(3)24(28(33)35-16-15-20-11-7-5-8-12-20)25(23)22-17-29-26(31-22)21-13-9-6-10-14-21/h5-14,17,25,30H,4,15-16H2,1-3H3,(H,29,31). The number of rotatable bonds is 8. The molecule has 35 heavy (non-hydrogen) atoms. The van der Waals surface area contributed by atoms with E-state index < -0.39 is 17.9 Å². The van der Waals surface area contributed by atoms with E-state index in [1.807, 2.05) is 60.7 Å². The van der Waals surface area contributed by atoms with Crippen LogP contribution in [0.25, 0.3) is 11.4 Å². The number of aromatic amines is 1. The number of nitrogens with zero attached hydrogens (tertiary/aromatic N) is 1. The topological polar surface area (TPSA) is 93.3 Å². The molecular weight excluding hydrogens is 442 g/mol. The van der Waals surface area contributed by atoms with E-state index >= 15 is 0 Å². The van der Waals surface area contributed by atoms with Gasteiger partial charge in [-0.3, -0.25) is 0 Å². The van der Waals surface area contributed by atoms with Gasteiger partial charge in [0.15, 0.2) is 0 Å². The quantitative estimate of drug-likeness (QED) is 0.464. The molecule has 0 amide bonds. The van der Waals surface area contributed by atoms with Gasteiger partial charge >= 0.3 is 11.9 Å². The molecule has 0 aliphatic carbocycles. The van der Waals surface area contributed by atoms with E-state index in [0.29, 0.717) is 40.5 Å². The number of carbonyl (C=O) groups is 2. The zero-order valence-corrected chi connectivity index (χ0v) is 20.1. The predicted molar refractivity (Wildman–Crippen MR) is 133 cm³/mol. The number of benzene rings is 2. The van der Waals surface area contributed by atoms with Crippen LogP contribution in [-0.4, -0.2) is 35.1 Å². The normalized spacial score (nSPS) is 15.6. The zero-order valence-electron chi connectivity index (χ0n) is 20.1. The summed E-state index contributed by atoms with van der Waals surface area (Å²) < 4.78 is 11.0. The lowest BCUT2D eigenvalue weighted by Gasteiger charge is -2.29. The molecule has 180 valence electrons. The predicted octanol–water partition coefficient (Wildman–Crippen LogP) is 4.66. The molecule has 2 heterocycles. The van der Waals surface area contributed by atoms with E-state index in [2.05, 4.69) is 15.3 Å². The Labute approximate surface area is 204 Å². The van der Waals surface area contributed by atoms with Gasteiger partial charge in [0.25, 0.3) is 0 Å². The lowest BCUT2D eigenvalue weighted by Crippen LogP contribution is -2.33. The number of aromatic nitrogens is 2. The third-order valence-corrected chi connectivity index (χ3v) is 5.90. The fourth-order valence-corrected chi connectivity index (χ4v) is 4.26. The maximum absolute atomic E-state index is 13.4. The van der Waals surface area contributed by atoms with Crippen molar-refractivity contribution in [3.63, 3.8) is 0 Å². The van der Waals surface area contributed by atoms with Gasteiger partial charge in [-0.1, -0.05) is 60.7 Å². The molecular formula is C28H29N3O4. The monoisotopic (exact) mass is 471 g/mol. The maximum atomic E-state index is 13.4. The van der Waals surface area contributed by atoms with Crippen LogP contribution in [0.15, 0.2) is 89.4 Å². The zero-order chi connectivity index (χ0) is 24.8. The molecule has 1 atom stereocenters. The van der Waals surface area contributed by atoms with Gasteiger partial charge in [-0.2, -0.15) is 0 Å². The third-order valence-electron chi connectivity index (χ3n) is 5.90. The van der Waals surface area contributed by atoms with E-state index in [1.165, 1.54) is 0 Å². The summed E-state index contributed by atoms with van der Waals surface area (Å²) in [6.07, 6.45) is 2.26. The van der Waals surface area contributed by atoms with Crippen LogP contribution in [0, 0.1) is 0 Å². The number of H-pyrrole nitrogens is 1. The molecule has 1 aliphatic rings. The second-order valence-corrected chi connectivity index (χ2v) is 8.28. The van der Waals surface area contributed by atoms with Crippen LogP contribution in [0.5, 0.6) is 0 Å². The highest BCUT2D eigenvalue weighted by molar-refractivity contribution is 5.99. The van der Waals surface area contributed by atoms with Crippen molar-refractivity contribution < 1.29 is 19.1 Å². The largest absolute Gasteiger partial charge is 0.463 e. The molecule has 0 saturated heterocycles. The van der Waals surface area contributed by atoms with E-state index in [0.717, 1.165) is 11.1 Å². The van der Waals surface area contributed by atoms with Crippen molar-refractivity contribution in [2.45, 2.75) is 33.1 Å². The number of dihydropyridines is 1. The summed E-state index contributed by atoms with van der Waals surface area (Å²) in [5, 5.41) is 3.17. The van der Waals surface area contributed by atoms with Crippen molar-refractivity contribution >= 4 is 11.9 Å². The molecule has 4 rings (SSSR count). The molecule has 3 aromatic rings. The summed E-state index contributed by atoms with van der Waals surface area (Å²) >= 11 is 0. The van der Waals surface area contributed by atoms with Crippen LogP contribution in [0.2, 0.25) is 0 Å². The minimum atomic E-state index is -0.704. The van der Waals surface area contributed by atoms with Gasteiger partial charge in [-0.25, -0.2) is 14.6 Å². The fraction of sp³-hybridized carbons (Fsp3) is 0.250. The van der Waals surface area contributed by atoms with Crippen molar-refractivity contribution in [1.29, 1.82) is 0 Å². The van der Waals surface area contributed by atoms with E-state index in [1.54, 1.807) is 27.0 Å². The molecule has 7 nitrogen and oxygen atoms in total. The second kappa shape index (κ2) is 10.9. The van der Waals surface area contributed by atoms with Crippen molar-refractivity contribution in [3.8, 4) is 11.4 Å². The molecule has 7 heteroatoms.